The summed E-state index contributed by atoms with van der Waals surface area (Å²) in [6.45, 7) is -0.518. The van der Waals surface area contributed by atoms with Gasteiger partial charge in [-0.1, -0.05) is 19.3 Å². The second-order valence-electron chi connectivity index (χ2n) is 6.39. The molecule has 0 radical (unpaired) electrons. The van der Waals surface area contributed by atoms with E-state index in [0.29, 0.717) is 12.8 Å². The van der Waals surface area contributed by atoms with Gasteiger partial charge in [0.25, 0.3) is 0 Å². The highest BCUT2D eigenvalue weighted by Gasteiger charge is 2.36. The van der Waals surface area contributed by atoms with E-state index < -0.39 is 43.3 Å². The Bertz CT molecular complexity index is 593. The van der Waals surface area contributed by atoms with Crippen LogP contribution in [0.25, 0.3) is 0 Å². The molecule has 1 rings (SSSR count). The van der Waals surface area contributed by atoms with Gasteiger partial charge in [0, 0.05) is 19.6 Å². The molecule has 7 nitrogen and oxygen atoms in total. The second kappa shape index (κ2) is 8.52. The number of carbonyl (C=O) groups is 1. The monoisotopic (exact) mass is 391 g/mol. The highest BCUT2D eigenvalue weighted by molar-refractivity contribution is 7.86. The smallest absolute Gasteiger partial charge is 0.303 e. The van der Waals surface area contributed by atoms with Crippen LogP contribution in [0.1, 0.15) is 38.5 Å². The van der Waals surface area contributed by atoms with E-state index >= 15 is 0 Å². The van der Waals surface area contributed by atoms with E-state index in [0.717, 1.165) is 19.3 Å². The third-order valence-corrected chi connectivity index (χ3v) is 5.64. The lowest BCUT2D eigenvalue weighted by Gasteiger charge is -2.40. The molecule has 24 heavy (non-hydrogen) atoms. The van der Waals surface area contributed by atoms with Crippen LogP contribution < -0.4 is 0 Å². The van der Waals surface area contributed by atoms with Crippen LogP contribution in [0.2, 0.25) is 0 Å². The van der Waals surface area contributed by atoms with Crippen molar-refractivity contribution in [3.8, 4) is 0 Å². The fourth-order valence-electron chi connectivity index (χ4n) is 3.23. The van der Waals surface area contributed by atoms with Crippen molar-refractivity contribution < 1.29 is 34.5 Å². The number of nitrogens with zero attached hydrogens (tertiary/aromatic N) is 1. The van der Waals surface area contributed by atoms with Crippen molar-refractivity contribution in [3.63, 3.8) is 0 Å². The summed E-state index contributed by atoms with van der Waals surface area (Å²) in [7, 11) is -9.52. The van der Waals surface area contributed by atoms with Crippen molar-refractivity contribution in [1.82, 2.24) is 4.90 Å². The highest BCUT2D eigenvalue weighted by atomic mass is 32.3. The number of carboxylic acids is 1. The Morgan fingerprint density at radius 3 is 1.79 bits per heavy atom. The van der Waals surface area contributed by atoms with Crippen molar-refractivity contribution in [2.75, 3.05) is 31.1 Å². The van der Waals surface area contributed by atoms with Crippen LogP contribution in [0, 0.1) is 5.41 Å². The minimum absolute atomic E-state index is 0.102. The maximum atomic E-state index is 12.8. The van der Waals surface area contributed by atoms with Gasteiger partial charge in [-0.15, -0.1) is 7.77 Å². The average Bonchev–Trinajstić information content (AvgIpc) is 2.40. The van der Waals surface area contributed by atoms with Gasteiger partial charge < -0.3 is 10.0 Å². The lowest BCUT2D eigenvalue weighted by atomic mass is 9.71. The van der Waals surface area contributed by atoms with Crippen LogP contribution in [0.3, 0.4) is 0 Å². The van der Waals surface area contributed by atoms with Crippen molar-refractivity contribution in [1.29, 1.82) is 0 Å². The summed E-state index contributed by atoms with van der Waals surface area (Å²) in [4.78, 5) is 12.5. The quantitative estimate of drug-likeness (QED) is 0.559. The molecule has 0 unspecified atom stereocenters. The molecule has 0 aromatic rings. The number of rotatable bonds is 10. The Balaban J connectivity index is 2.86. The van der Waals surface area contributed by atoms with Crippen molar-refractivity contribution in [2.45, 2.75) is 38.5 Å². The first-order valence-corrected chi connectivity index (χ1v) is 10.8. The van der Waals surface area contributed by atoms with Crippen molar-refractivity contribution >= 4 is 26.4 Å². The number of carboxylic acid groups (broad SMARTS) is 1. The van der Waals surface area contributed by atoms with E-state index in [2.05, 4.69) is 0 Å². The fourth-order valence-corrected chi connectivity index (χ4v) is 4.19. The summed E-state index contributed by atoms with van der Waals surface area (Å²) < 4.78 is 68.4. The molecule has 142 valence electrons. The number of hydrogen-bond acceptors (Lipinski definition) is 6. The van der Waals surface area contributed by atoms with Crippen LogP contribution in [0.15, 0.2) is 0 Å². The Morgan fingerprint density at radius 1 is 0.958 bits per heavy atom. The SMILES string of the molecule is O=C(O)CC1(CN(CCS(=O)(=O)F)CCS(=O)(=O)F)CCCCC1. The van der Waals surface area contributed by atoms with Crippen molar-refractivity contribution in [3.05, 3.63) is 0 Å². The van der Waals surface area contributed by atoms with Crippen LogP contribution in [0.5, 0.6) is 0 Å². The summed E-state index contributed by atoms with van der Waals surface area (Å²) in [6, 6.07) is 0. The van der Waals surface area contributed by atoms with E-state index in [1.807, 2.05) is 0 Å². The topological polar surface area (TPSA) is 109 Å². The zero-order valence-corrected chi connectivity index (χ0v) is 14.9. The largest absolute Gasteiger partial charge is 0.481 e. The summed E-state index contributed by atoms with van der Waals surface area (Å²) in [5, 5.41) is 9.13. The molecular weight excluding hydrogens is 368 g/mol. The molecule has 1 fully saturated rings. The first-order chi connectivity index (χ1) is 10.9. The lowest BCUT2D eigenvalue weighted by molar-refractivity contribution is -0.140. The maximum absolute atomic E-state index is 12.8. The summed E-state index contributed by atoms with van der Waals surface area (Å²) in [5.74, 6) is -2.70. The molecule has 0 aromatic carbocycles. The van der Waals surface area contributed by atoms with E-state index in [1.165, 1.54) is 4.90 Å². The first kappa shape index (κ1) is 21.2. The minimum Gasteiger partial charge on any atom is -0.481 e. The van der Waals surface area contributed by atoms with Crippen LogP contribution in [-0.4, -0.2) is 64.0 Å². The summed E-state index contributed by atoms with van der Waals surface area (Å²) in [6.07, 6.45) is 3.63. The second-order valence-corrected chi connectivity index (χ2v) is 9.37. The zero-order chi connectivity index (χ0) is 18.4. The molecule has 1 N–H and O–H groups in total. The first-order valence-electron chi connectivity index (χ1n) is 7.70. The van der Waals surface area contributed by atoms with Gasteiger partial charge in [-0.25, -0.2) is 0 Å². The number of hydrogen-bond donors (Lipinski definition) is 1. The molecular formula is C13H23F2NO6S2. The van der Waals surface area contributed by atoms with Gasteiger partial charge in [-0.2, -0.15) is 16.8 Å². The van der Waals surface area contributed by atoms with Gasteiger partial charge in [0.05, 0.1) is 17.9 Å². The Hall–Kier alpha value is -0.810. The number of halogens is 2. The molecule has 0 bridgehead atoms. The molecule has 0 spiro atoms. The summed E-state index contributed by atoms with van der Waals surface area (Å²) >= 11 is 0. The average molecular weight is 391 g/mol. The van der Waals surface area contributed by atoms with E-state index in [1.54, 1.807) is 0 Å². The van der Waals surface area contributed by atoms with Crippen molar-refractivity contribution in [2.24, 2.45) is 5.41 Å². The Morgan fingerprint density at radius 2 is 1.42 bits per heavy atom. The molecule has 0 aromatic heterocycles. The Kier molecular flexibility index (Phi) is 7.54. The zero-order valence-electron chi connectivity index (χ0n) is 13.3. The van der Waals surface area contributed by atoms with Gasteiger partial charge in [-0.3, -0.25) is 4.79 Å². The van der Waals surface area contributed by atoms with E-state index in [9.17, 15) is 29.4 Å². The van der Waals surface area contributed by atoms with Gasteiger partial charge >= 0.3 is 26.4 Å². The van der Waals surface area contributed by atoms with Gasteiger partial charge in [0.1, 0.15) is 0 Å². The lowest BCUT2D eigenvalue weighted by Crippen LogP contribution is -2.43. The third-order valence-electron chi connectivity index (χ3n) is 4.30. The molecule has 0 heterocycles. The van der Waals surface area contributed by atoms with Gasteiger partial charge in [0.15, 0.2) is 0 Å². The predicted octanol–water partition coefficient (Wildman–Crippen LogP) is 1.31. The molecule has 1 saturated carbocycles. The molecule has 0 saturated heterocycles. The normalized spacial score (nSPS) is 18.6. The van der Waals surface area contributed by atoms with Crippen LogP contribution in [0.4, 0.5) is 7.77 Å². The van der Waals surface area contributed by atoms with E-state index in [4.69, 9.17) is 5.11 Å². The minimum atomic E-state index is -4.76. The predicted molar refractivity (Wildman–Crippen MR) is 84.0 cm³/mol. The van der Waals surface area contributed by atoms with Crippen LogP contribution >= 0.6 is 0 Å². The highest BCUT2D eigenvalue weighted by Crippen LogP contribution is 2.40. The van der Waals surface area contributed by atoms with Gasteiger partial charge in [-0.05, 0) is 18.3 Å². The third kappa shape index (κ3) is 8.88. The maximum Gasteiger partial charge on any atom is 0.303 e. The summed E-state index contributed by atoms with van der Waals surface area (Å²) in [5.41, 5.74) is -0.635. The molecule has 0 aliphatic heterocycles. The molecule has 1 aliphatic carbocycles. The van der Waals surface area contributed by atoms with Crippen LogP contribution in [-0.2, 0) is 25.2 Å². The molecule has 0 atom stereocenters. The molecule has 11 heteroatoms. The van der Waals surface area contributed by atoms with Gasteiger partial charge in [0.2, 0.25) is 0 Å². The number of aliphatic carboxylic acids is 1. The molecule has 1 aliphatic rings. The van der Waals surface area contributed by atoms with E-state index in [-0.39, 0.29) is 26.1 Å². The fraction of sp³-hybridized carbons (Fsp3) is 0.923. The standard InChI is InChI=1S/C13H23F2NO6S2/c14-23(19,20)8-6-16(7-9-24(15,21)22)11-13(10-12(17)18)4-2-1-3-5-13/h1-11H2,(H,17,18). The molecule has 0 amide bonds. The Labute approximate surface area is 141 Å².